The minimum Gasteiger partial charge on any atom is -0.383 e. The Morgan fingerprint density at radius 2 is 1.86 bits per heavy atom. The largest absolute Gasteiger partial charge is 0.383 e. The fourth-order valence-corrected chi connectivity index (χ4v) is 4.09. The molecular weight excluding hydrogens is 377 g/mol. The highest BCUT2D eigenvalue weighted by molar-refractivity contribution is 14.1. The van der Waals surface area contributed by atoms with Crippen molar-refractivity contribution >= 4 is 28.4 Å². The summed E-state index contributed by atoms with van der Waals surface area (Å²) >= 11 is 2.32. The van der Waals surface area contributed by atoms with Crippen molar-refractivity contribution < 1.29 is 0 Å². The van der Waals surface area contributed by atoms with E-state index in [0.29, 0.717) is 11.7 Å². The Labute approximate surface area is 140 Å². The third kappa shape index (κ3) is 3.17. The lowest BCUT2D eigenvalue weighted by atomic mass is 10.0. The number of aromatic nitrogens is 2. The summed E-state index contributed by atoms with van der Waals surface area (Å²) in [4.78, 5) is 14.3. The van der Waals surface area contributed by atoms with E-state index in [1.807, 2.05) is 0 Å². The van der Waals surface area contributed by atoms with Crippen LogP contribution >= 0.6 is 22.6 Å². The number of anilines is 1. The maximum Gasteiger partial charge on any atom is 0.149 e. The molecule has 1 saturated carbocycles. The number of nitrogens with zero attached hydrogens (tertiary/aromatic N) is 4. The molecule has 2 fully saturated rings. The molecule has 5 nitrogen and oxygen atoms in total. The molecule has 0 radical (unpaired) electrons. The van der Waals surface area contributed by atoms with Gasteiger partial charge in [0.05, 0.1) is 15.3 Å². The smallest absolute Gasteiger partial charge is 0.149 e. The summed E-state index contributed by atoms with van der Waals surface area (Å²) < 4.78 is 1.06. The molecule has 116 valence electrons. The van der Waals surface area contributed by atoms with Crippen molar-refractivity contribution in [1.82, 2.24) is 19.8 Å². The summed E-state index contributed by atoms with van der Waals surface area (Å²) in [7, 11) is 4.32. The second-order valence-corrected chi connectivity index (χ2v) is 7.49. The summed E-state index contributed by atoms with van der Waals surface area (Å²) in [5, 5.41) is 0. The van der Waals surface area contributed by atoms with Gasteiger partial charge in [-0.15, -0.1) is 0 Å². The van der Waals surface area contributed by atoms with Crippen molar-refractivity contribution in [3.63, 3.8) is 0 Å². The van der Waals surface area contributed by atoms with Gasteiger partial charge in [0, 0.05) is 25.6 Å². The highest BCUT2D eigenvalue weighted by Gasteiger charge is 2.29. The standard InChI is InChI=1S/C15H24IN5/c1-20-7-8-21(2)11(9-20)15-18-13(10-5-3-4-6-10)12(16)14(17)19-15/h10-11H,3-9H2,1-2H3,(H2,17,18,19). The van der Waals surface area contributed by atoms with Crippen LogP contribution in [0.1, 0.15) is 49.2 Å². The van der Waals surface area contributed by atoms with Crippen LogP contribution in [0.25, 0.3) is 0 Å². The molecule has 2 N–H and O–H groups in total. The highest BCUT2D eigenvalue weighted by atomic mass is 127. The van der Waals surface area contributed by atoms with Gasteiger partial charge in [-0.25, -0.2) is 9.97 Å². The predicted molar refractivity (Wildman–Crippen MR) is 93.2 cm³/mol. The third-order valence-electron chi connectivity index (χ3n) is 4.81. The van der Waals surface area contributed by atoms with Crippen LogP contribution in [-0.4, -0.2) is 53.5 Å². The van der Waals surface area contributed by atoms with Crippen LogP contribution in [-0.2, 0) is 0 Å². The van der Waals surface area contributed by atoms with Gasteiger partial charge in [0.1, 0.15) is 11.6 Å². The zero-order valence-corrected chi connectivity index (χ0v) is 15.0. The quantitative estimate of drug-likeness (QED) is 0.771. The van der Waals surface area contributed by atoms with Gasteiger partial charge in [-0.1, -0.05) is 12.8 Å². The van der Waals surface area contributed by atoms with Crippen LogP contribution in [0.15, 0.2) is 0 Å². The molecule has 6 heteroatoms. The first-order valence-corrected chi connectivity index (χ1v) is 8.85. The number of hydrogen-bond donors (Lipinski definition) is 1. The van der Waals surface area contributed by atoms with E-state index in [4.69, 9.17) is 10.7 Å². The molecular formula is C15H24IN5. The molecule has 1 saturated heterocycles. The second-order valence-electron chi connectivity index (χ2n) is 6.41. The Balaban J connectivity index is 1.94. The molecule has 1 aromatic heterocycles. The maximum absolute atomic E-state index is 6.19. The molecule has 1 aliphatic heterocycles. The van der Waals surface area contributed by atoms with Crippen molar-refractivity contribution in [2.24, 2.45) is 0 Å². The SMILES string of the molecule is CN1CCN(C)C(c2nc(N)c(I)c(C3CCCC3)n2)C1. The van der Waals surface area contributed by atoms with Crippen molar-refractivity contribution in [1.29, 1.82) is 0 Å². The topological polar surface area (TPSA) is 58.3 Å². The van der Waals surface area contributed by atoms with E-state index >= 15 is 0 Å². The Hall–Kier alpha value is -0.470. The molecule has 0 amide bonds. The summed E-state index contributed by atoms with van der Waals surface area (Å²) in [6.45, 7) is 3.12. The molecule has 2 heterocycles. The van der Waals surface area contributed by atoms with Crippen LogP contribution in [0.4, 0.5) is 5.82 Å². The minimum atomic E-state index is 0.253. The lowest BCUT2D eigenvalue weighted by Crippen LogP contribution is -2.45. The van der Waals surface area contributed by atoms with E-state index in [-0.39, 0.29) is 6.04 Å². The molecule has 0 aromatic carbocycles. The van der Waals surface area contributed by atoms with Crippen molar-refractivity contribution in [2.45, 2.75) is 37.6 Å². The molecule has 2 aliphatic rings. The first kappa shape index (κ1) is 15.4. The molecule has 0 bridgehead atoms. The van der Waals surface area contributed by atoms with E-state index in [9.17, 15) is 0 Å². The molecule has 1 atom stereocenters. The maximum atomic E-state index is 6.19. The number of likely N-dealkylation sites (N-methyl/N-ethyl adjacent to an activating group) is 2. The Kier molecular flexibility index (Phi) is 4.66. The van der Waals surface area contributed by atoms with Gasteiger partial charge in [-0.05, 0) is 49.5 Å². The number of nitrogens with two attached hydrogens (primary N) is 1. The van der Waals surface area contributed by atoms with Gasteiger partial charge in [0.15, 0.2) is 0 Å². The Morgan fingerprint density at radius 1 is 1.14 bits per heavy atom. The average molecular weight is 401 g/mol. The number of nitrogen functional groups attached to an aromatic ring is 1. The van der Waals surface area contributed by atoms with Crippen LogP contribution < -0.4 is 5.73 Å². The lowest BCUT2D eigenvalue weighted by Gasteiger charge is -2.37. The fraction of sp³-hybridized carbons (Fsp3) is 0.733. The van der Waals surface area contributed by atoms with Crippen molar-refractivity contribution in [3.8, 4) is 0 Å². The van der Waals surface area contributed by atoms with E-state index < -0.39 is 0 Å². The summed E-state index contributed by atoms with van der Waals surface area (Å²) in [6, 6.07) is 0.253. The van der Waals surface area contributed by atoms with Gasteiger partial charge >= 0.3 is 0 Å². The van der Waals surface area contributed by atoms with Crippen molar-refractivity contribution in [3.05, 3.63) is 15.1 Å². The zero-order valence-electron chi connectivity index (χ0n) is 12.8. The molecule has 3 rings (SSSR count). The third-order valence-corrected chi connectivity index (χ3v) is 5.92. The van der Waals surface area contributed by atoms with E-state index in [2.05, 4.69) is 51.5 Å². The summed E-state index contributed by atoms with van der Waals surface area (Å²) in [5.41, 5.74) is 7.38. The van der Waals surface area contributed by atoms with Crippen LogP contribution in [0.3, 0.4) is 0 Å². The normalized spacial score (nSPS) is 25.6. The van der Waals surface area contributed by atoms with Gasteiger partial charge < -0.3 is 10.6 Å². The highest BCUT2D eigenvalue weighted by Crippen LogP contribution is 2.37. The predicted octanol–water partition coefficient (Wildman–Crippen LogP) is 2.24. The van der Waals surface area contributed by atoms with Crippen molar-refractivity contribution in [2.75, 3.05) is 39.5 Å². The Morgan fingerprint density at radius 3 is 2.57 bits per heavy atom. The second kappa shape index (κ2) is 6.34. The fourth-order valence-electron chi connectivity index (χ4n) is 3.41. The summed E-state index contributed by atoms with van der Waals surface area (Å²) in [6.07, 6.45) is 5.11. The average Bonchev–Trinajstić information content (AvgIpc) is 2.98. The molecule has 0 spiro atoms. The van der Waals surface area contributed by atoms with Gasteiger partial charge in [0.25, 0.3) is 0 Å². The minimum absolute atomic E-state index is 0.253. The van der Waals surface area contributed by atoms with Gasteiger partial charge in [-0.2, -0.15) is 0 Å². The molecule has 1 unspecified atom stereocenters. The lowest BCUT2D eigenvalue weighted by molar-refractivity contribution is 0.109. The van der Waals surface area contributed by atoms with Crippen LogP contribution in [0.5, 0.6) is 0 Å². The van der Waals surface area contributed by atoms with Crippen LogP contribution in [0.2, 0.25) is 0 Å². The summed E-state index contributed by atoms with van der Waals surface area (Å²) in [5.74, 6) is 2.14. The van der Waals surface area contributed by atoms with E-state index in [1.54, 1.807) is 0 Å². The molecule has 1 aliphatic carbocycles. The Bertz CT molecular complexity index is 515. The monoisotopic (exact) mass is 401 g/mol. The first-order valence-electron chi connectivity index (χ1n) is 7.78. The van der Waals surface area contributed by atoms with Gasteiger partial charge in [0.2, 0.25) is 0 Å². The van der Waals surface area contributed by atoms with E-state index in [1.165, 1.54) is 31.4 Å². The molecule has 21 heavy (non-hydrogen) atoms. The van der Waals surface area contributed by atoms with Crippen LogP contribution in [0, 0.1) is 3.57 Å². The first-order chi connectivity index (χ1) is 10.1. The van der Waals surface area contributed by atoms with Gasteiger partial charge in [-0.3, -0.25) is 4.90 Å². The number of hydrogen-bond acceptors (Lipinski definition) is 5. The molecule has 1 aromatic rings. The number of piperazine rings is 1. The zero-order chi connectivity index (χ0) is 15.0. The van der Waals surface area contributed by atoms with E-state index in [0.717, 1.165) is 29.0 Å². The number of halogens is 1. The number of rotatable bonds is 2.